The Balaban J connectivity index is 1.79. The van der Waals surface area contributed by atoms with Crippen molar-refractivity contribution in [2.75, 3.05) is 52.9 Å². The lowest BCUT2D eigenvalue weighted by Gasteiger charge is -2.36. The van der Waals surface area contributed by atoms with Crippen molar-refractivity contribution in [2.24, 2.45) is 41.5 Å². The van der Waals surface area contributed by atoms with Crippen LogP contribution in [0.3, 0.4) is 0 Å². The molecule has 6 aromatic carbocycles. The molecule has 0 heterocycles. The van der Waals surface area contributed by atoms with E-state index >= 15 is 74.6 Å². The molecule has 0 amide bonds. The number of carbonyl (C=O) groups excluding carboxylic acids is 6. The number of nitrogens with zero attached hydrogens (tertiary/aromatic N) is 18. The minimum absolute atomic E-state index is 0.772. The minimum atomic E-state index is -3.34. The van der Waals surface area contributed by atoms with Crippen molar-refractivity contribution < 1.29 is 137 Å². The van der Waals surface area contributed by atoms with Crippen LogP contribution in [0.2, 0.25) is 0 Å². The molecule has 0 aromatic heterocycles. The van der Waals surface area contributed by atoms with Crippen LogP contribution in [0.1, 0.15) is 220 Å². The highest BCUT2D eigenvalue weighted by molar-refractivity contribution is 5.97. The van der Waals surface area contributed by atoms with Gasteiger partial charge in [-0.2, -0.15) is 0 Å². The standard InChI is InChI=1S/C71H61F17N18O13/c1-22(2)29-35(28(13)41(72)58(47(29)78)95-101-89)64(107)114-16-70(17-115-65(108)36-30(23(3)4)48(79)59(96-102-90)53(84)42(36)73,18-116-66(109)37-31(24(5)6)49(80)60(97-103-91)54(85)43(37)74)14-113-15-71(19-117-67(110)38-32(25(7)8)50(81)61(98-104-92)55(86)44(38)75,20-118-68(111)39-33(26(9)10)51(82)62(99-105-93)56(87)45(39)76)21-119-69(112)40-34(27(11)12)52(83)63(100-106-94)57(88)46(40)77/h22-27H,14-21H2,1-13H3. The van der Waals surface area contributed by atoms with Gasteiger partial charge in [0.2, 0.25) is 0 Å². The summed E-state index contributed by atoms with van der Waals surface area (Å²) in [7, 11) is 0. The largest absolute Gasteiger partial charge is 0.461 e. The lowest BCUT2D eigenvalue weighted by atomic mass is 9.89. The third kappa shape index (κ3) is 19.1. The molecule has 0 aliphatic heterocycles. The summed E-state index contributed by atoms with van der Waals surface area (Å²) < 4.78 is 315. The molecule has 31 nitrogen and oxygen atoms in total. The van der Waals surface area contributed by atoms with E-state index in [1.807, 2.05) is 0 Å². The van der Waals surface area contributed by atoms with Crippen LogP contribution in [0.5, 0.6) is 0 Å². The van der Waals surface area contributed by atoms with Gasteiger partial charge in [0.15, 0.2) is 58.2 Å². The van der Waals surface area contributed by atoms with Crippen LogP contribution in [-0.4, -0.2) is 88.7 Å². The number of rotatable bonds is 34. The van der Waals surface area contributed by atoms with Crippen LogP contribution >= 0.6 is 0 Å². The Bertz CT molecular complexity index is 4660. The van der Waals surface area contributed by atoms with E-state index in [9.17, 15) is 34.3 Å². The van der Waals surface area contributed by atoms with E-state index < -0.39 is 340 Å². The Morgan fingerprint density at radius 3 is 0.563 bits per heavy atom. The van der Waals surface area contributed by atoms with Crippen LogP contribution in [0.25, 0.3) is 62.7 Å². The monoisotopic (exact) mass is 1700 g/mol. The summed E-state index contributed by atoms with van der Waals surface area (Å²) in [6, 6.07) is 0. The number of hydrogen-bond acceptors (Lipinski definition) is 19. The van der Waals surface area contributed by atoms with Crippen LogP contribution in [0.4, 0.5) is 109 Å². The fourth-order valence-electron chi connectivity index (χ4n) is 12.2. The molecule has 48 heteroatoms. The predicted octanol–water partition coefficient (Wildman–Crippen LogP) is 23.2. The third-order valence-electron chi connectivity index (χ3n) is 17.7. The highest BCUT2D eigenvalue weighted by Crippen LogP contribution is 2.45. The van der Waals surface area contributed by atoms with Crippen molar-refractivity contribution in [3.63, 3.8) is 0 Å². The van der Waals surface area contributed by atoms with Gasteiger partial charge in [0.1, 0.15) is 142 Å². The Kier molecular flexibility index (Phi) is 31.1. The molecule has 0 unspecified atom stereocenters. The van der Waals surface area contributed by atoms with Gasteiger partial charge in [-0.1, -0.05) is 114 Å². The Morgan fingerprint density at radius 1 is 0.252 bits per heavy atom. The van der Waals surface area contributed by atoms with Crippen molar-refractivity contribution in [2.45, 2.75) is 126 Å². The molecule has 0 aliphatic carbocycles. The van der Waals surface area contributed by atoms with Gasteiger partial charge < -0.3 is 33.2 Å². The van der Waals surface area contributed by atoms with Gasteiger partial charge in [-0.3, -0.25) is 0 Å². The molecule has 0 saturated carbocycles. The Labute approximate surface area is 658 Å². The molecule has 6 aromatic rings. The Morgan fingerprint density at radius 2 is 0.403 bits per heavy atom. The second-order valence-electron chi connectivity index (χ2n) is 27.8. The maximum Gasteiger partial charge on any atom is 0.341 e. The van der Waals surface area contributed by atoms with Gasteiger partial charge in [0.25, 0.3) is 0 Å². The number of azide groups is 6. The average molecular weight is 1700 g/mol. The first-order valence-corrected chi connectivity index (χ1v) is 34.2. The fourth-order valence-corrected chi connectivity index (χ4v) is 12.2. The summed E-state index contributed by atoms with van der Waals surface area (Å²) in [5, 5.41) is 16.9. The van der Waals surface area contributed by atoms with E-state index in [2.05, 4.69) is 60.2 Å². The number of benzene rings is 6. The minimum Gasteiger partial charge on any atom is -0.461 e. The molecule has 0 radical (unpaired) electrons. The first-order chi connectivity index (χ1) is 55.8. The molecular formula is C71H61F17N18O13. The zero-order chi connectivity index (χ0) is 89.8. The zero-order valence-corrected chi connectivity index (χ0v) is 63.9. The van der Waals surface area contributed by atoms with E-state index in [0.717, 1.165) is 76.2 Å². The average Bonchev–Trinajstić information content (AvgIpc) is 0.792. The summed E-state index contributed by atoms with van der Waals surface area (Å²) in [6.45, 7) is -2.14. The quantitative estimate of drug-likeness (QED) is 0.00690. The smallest absolute Gasteiger partial charge is 0.341 e. The SMILES string of the molecule is Cc1c(F)c(N=[N+]=[N-])c(F)c(C(C)C)c1C(=O)OCC(COCC(COC(=O)c1c(F)c(F)c(N=[N+]=[N-])c(F)c1C(C)C)(COC(=O)c1c(F)c(F)c(N=[N+]=[N-])c(F)c1C(C)C)COC(=O)c1c(F)c(F)c(N=[N+]=[N-])c(F)c1C(C)C)(COC(=O)c1c(F)c(F)c(N=[N+]=[N-])c(F)c1C(C)C)COC(=O)c1c(F)c(F)c(N=[N+]=[N-])c(F)c1C(C)C. The van der Waals surface area contributed by atoms with Crippen molar-refractivity contribution >= 4 is 69.9 Å². The van der Waals surface area contributed by atoms with Gasteiger partial charge in [-0.25, -0.2) is 103 Å². The summed E-state index contributed by atoms with van der Waals surface area (Å²) in [4.78, 5) is 102. The van der Waals surface area contributed by atoms with Crippen LogP contribution < -0.4 is 0 Å². The molecule has 0 saturated heterocycles. The second kappa shape index (κ2) is 39.1. The molecule has 0 atom stereocenters. The number of esters is 6. The predicted molar refractivity (Wildman–Crippen MR) is 377 cm³/mol. The summed E-state index contributed by atoms with van der Waals surface area (Å²) in [5.41, 5.74) is 20.9. The molecule has 119 heavy (non-hydrogen) atoms. The number of carbonyl (C=O) groups is 6. The molecule has 632 valence electrons. The van der Waals surface area contributed by atoms with Gasteiger partial charge in [-0.15, -0.1) is 0 Å². The van der Waals surface area contributed by atoms with Gasteiger partial charge in [-0.05, 0) is 75.6 Å². The first kappa shape index (κ1) is 94.6. The van der Waals surface area contributed by atoms with E-state index in [1.54, 1.807) is 0 Å². The lowest BCUT2D eigenvalue weighted by Crippen LogP contribution is -2.47. The lowest BCUT2D eigenvalue weighted by molar-refractivity contribution is -0.112. The van der Waals surface area contributed by atoms with E-state index in [1.165, 1.54) is 13.8 Å². The molecule has 0 N–H and O–H groups in total. The van der Waals surface area contributed by atoms with Crippen molar-refractivity contribution in [1.29, 1.82) is 0 Å². The molecule has 0 bridgehead atoms. The molecule has 6 rings (SSSR count). The number of ether oxygens (including phenoxy) is 7. The summed E-state index contributed by atoms with van der Waals surface area (Å²) in [6.07, 6.45) is 0. The van der Waals surface area contributed by atoms with Gasteiger partial charge >= 0.3 is 35.8 Å². The van der Waals surface area contributed by atoms with Crippen LogP contribution in [-0.2, 0) is 33.2 Å². The van der Waals surface area contributed by atoms with Gasteiger partial charge in [0, 0.05) is 68.4 Å². The maximum atomic E-state index is 16.5. The van der Waals surface area contributed by atoms with Crippen molar-refractivity contribution in [3.05, 3.63) is 234 Å². The summed E-state index contributed by atoms with van der Waals surface area (Å²) in [5.74, 6) is -59.6. The normalized spacial score (nSPS) is 12.2. The Hall–Kier alpha value is -13.2. The van der Waals surface area contributed by atoms with Crippen LogP contribution in [0.15, 0.2) is 30.7 Å². The van der Waals surface area contributed by atoms with E-state index in [4.69, 9.17) is 60.8 Å². The van der Waals surface area contributed by atoms with E-state index in [-0.39, 0.29) is 0 Å². The second-order valence-corrected chi connectivity index (χ2v) is 27.8. The number of halogens is 17. The molecule has 0 fully saturated rings. The topological polar surface area (TPSA) is 460 Å². The molecular weight excluding hydrogens is 1640 g/mol. The molecule has 0 spiro atoms. The zero-order valence-electron chi connectivity index (χ0n) is 63.9. The van der Waals surface area contributed by atoms with Crippen molar-refractivity contribution in [3.8, 4) is 0 Å². The number of hydrogen-bond donors (Lipinski definition) is 0. The first-order valence-electron chi connectivity index (χ1n) is 34.2. The summed E-state index contributed by atoms with van der Waals surface area (Å²) >= 11 is 0. The third-order valence-corrected chi connectivity index (χ3v) is 17.7. The van der Waals surface area contributed by atoms with Crippen molar-refractivity contribution in [1.82, 2.24) is 0 Å². The fraction of sp³-hybridized carbons (Fsp3) is 0.408. The molecule has 0 aliphatic rings. The maximum absolute atomic E-state index is 16.5. The highest BCUT2D eigenvalue weighted by Gasteiger charge is 2.46. The van der Waals surface area contributed by atoms with Gasteiger partial charge in [0.05, 0.1) is 29.6 Å². The van der Waals surface area contributed by atoms with Crippen LogP contribution in [0, 0.1) is 117 Å². The van der Waals surface area contributed by atoms with E-state index in [0.29, 0.717) is 0 Å². The highest BCUT2D eigenvalue weighted by atomic mass is 19.2.